The Bertz CT molecular complexity index is 1080. The number of benzene rings is 3. The van der Waals surface area contributed by atoms with Crippen LogP contribution in [0.25, 0.3) is 0 Å². The number of carbonyl (C=O) groups is 1. The highest BCUT2D eigenvalue weighted by atomic mass is 32.2. The maximum absolute atomic E-state index is 13.0. The van der Waals surface area contributed by atoms with E-state index in [1.54, 1.807) is 11.8 Å². The SMILES string of the molecule is CSc1ccc(CNC(=O)c2ccc(S(=O)(=O)Nc3ccc(F)cc3)cc2)cc1. The molecule has 0 aromatic heterocycles. The molecule has 2 N–H and O–H groups in total. The molecule has 0 unspecified atom stereocenters. The van der Waals surface area contributed by atoms with Crippen LogP contribution < -0.4 is 10.0 Å². The van der Waals surface area contributed by atoms with Gasteiger partial charge in [0.1, 0.15) is 5.82 Å². The number of nitrogens with one attached hydrogen (secondary N) is 2. The fourth-order valence-corrected chi connectivity index (χ4v) is 4.01. The van der Waals surface area contributed by atoms with E-state index in [0.29, 0.717) is 12.1 Å². The molecule has 0 aliphatic heterocycles. The Morgan fingerprint density at radius 2 is 1.55 bits per heavy atom. The molecule has 0 aliphatic carbocycles. The van der Waals surface area contributed by atoms with Crippen molar-refractivity contribution in [1.82, 2.24) is 5.32 Å². The predicted octanol–water partition coefficient (Wildman–Crippen LogP) is 4.28. The van der Waals surface area contributed by atoms with Gasteiger partial charge in [0.25, 0.3) is 15.9 Å². The van der Waals surface area contributed by atoms with Crippen LogP contribution in [0, 0.1) is 5.82 Å². The van der Waals surface area contributed by atoms with Crippen molar-refractivity contribution in [1.29, 1.82) is 0 Å². The van der Waals surface area contributed by atoms with E-state index < -0.39 is 15.8 Å². The van der Waals surface area contributed by atoms with E-state index in [1.807, 2.05) is 30.5 Å². The van der Waals surface area contributed by atoms with Crippen LogP contribution in [-0.4, -0.2) is 20.6 Å². The first-order valence-corrected chi connectivity index (χ1v) is 11.4. The van der Waals surface area contributed by atoms with Gasteiger partial charge in [0, 0.05) is 22.7 Å². The molecule has 0 spiro atoms. The van der Waals surface area contributed by atoms with Gasteiger partial charge in [-0.15, -0.1) is 11.8 Å². The van der Waals surface area contributed by atoms with Gasteiger partial charge in [-0.2, -0.15) is 0 Å². The molecule has 0 heterocycles. The molecule has 0 radical (unpaired) electrons. The summed E-state index contributed by atoms with van der Waals surface area (Å²) in [4.78, 5) is 13.5. The monoisotopic (exact) mass is 430 g/mol. The van der Waals surface area contributed by atoms with E-state index in [1.165, 1.54) is 48.5 Å². The van der Waals surface area contributed by atoms with Crippen molar-refractivity contribution in [3.8, 4) is 0 Å². The Hall–Kier alpha value is -2.84. The molecule has 0 atom stereocenters. The molecule has 0 saturated carbocycles. The van der Waals surface area contributed by atoms with E-state index in [9.17, 15) is 17.6 Å². The Morgan fingerprint density at radius 1 is 0.931 bits per heavy atom. The van der Waals surface area contributed by atoms with Crippen molar-refractivity contribution in [3.63, 3.8) is 0 Å². The molecule has 3 rings (SSSR count). The summed E-state index contributed by atoms with van der Waals surface area (Å²) in [5, 5.41) is 2.81. The zero-order chi connectivity index (χ0) is 20.9. The van der Waals surface area contributed by atoms with Crippen LogP contribution in [0.2, 0.25) is 0 Å². The Morgan fingerprint density at radius 3 is 2.14 bits per heavy atom. The molecule has 0 saturated heterocycles. The van der Waals surface area contributed by atoms with Crippen LogP contribution in [0.1, 0.15) is 15.9 Å². The van der Waals surface area contributed by atoms with Crippen LogP contribution in [0.3, 0.4) is 0 Å². The molecule has 150 valence electrons. The van der Waals surface area contributed by atoms with Gasteiger partial charge >= 0.3 is 0 Å². The molecule has 0 aliphatic rings. The maximum Gasteiger partial charge on any atom is 0.261 e. The smallest absolute Gasteiger partial charge is 0.261 e. The number of halogens is 1. The lowest BCUT2D eigenvalue weighted by Gasteiger charge is -2.09. The number of thioether (sulfide) groups is 1. The van der Waals surface area contributed by atoms with E-state index in [2.05, 4.69) is 10.0 Å². The summed E-state index contributed by atoms with van der Waals surface area (Å²) in [5.41, 5.74) is 1.58. The summed E-state index contributed by atoms with van der Waals surface area (Å²) < 4.78 is 40.2. The highest BCUT2D eigenvalue weighted by Crippen LogP contribution is 2.18. The highest BCUT2D eigenvalue weighted by molar-refractivity contribution is 7.98. The van der Waals surface area contributed by atoms with Crippen molar-refractivity contribution in [3.05, 3.63) is 89.7 Å². The lowest BCUT2D eigenvalue weighted by molar-refractivity contribution is 0.0951. The van der Waals surface area contributed by atoms with Gasteiger partial charge in [-0.3, -0.25) is 9.52 Å². The Kier molecular flexibility index (Phi) is 6.56. The van der Waals surface area contributed by atoms with Gasteiger partial charge in [0.05, 0.1) is 4.90 Å². The standard InChI is InChI=1S/C21H19FN2O3S2/c1-28-19-10-2-15(3-11-19)14-23-21(25)16-4-12-20(13-5-16)29(26,27)24-18-8-6-17(22)7-9-18/h2-13,24H,14H2,1H3,(H,23,25). The second-order valence-electron chi connectivity index (χ2n) is 6.17. The molecule has 0 fully saturated rings. The van der Waals surface area contributed by atoms with Gasteiger partial charge in [-0.25, -0.2) is 12.8 Å². The summed E-state index contributed by atoms with van der Waals surface area (Å²) in [5.74, 6) is -0.752. The number of rotatable bonds is 7. The van der Waals surface area contributed by atoms with E-state index in [4.69, 9.17) is 0 Å². The first-order chi connectivity index (χ1) is 13.9. The molecule has 29 heavy (non-hydrogen) atoms. The van der Waals surface area contributed by atoms with E-state index in [-0.39, 0.29) is 16.5 Å². The fraction of sp³-hybridized carbons (Fsp3) is 0.0952. The minimum Gasteiger partial charge on any atom is -0.348 e. The first kappa shape index (κ1) is 20.9. The second kappa shape index (κ2) is 9.11. The molecular formula is C21H19FN2O3S2. The second-order valence-corrected chi connectivity index (χ2v) is 8.73. The molecule has 1 amide bonds. The molecular weight excluding hydrogens is 411 g/mol. The molecule has 5 nitrogen and oxygen atoms in total. The Labute approximate surface area is 173 Å². The lowest BCUT2D eigenvalue weighted by atomic mass is 10.2. The van der Waals surface area contributed by atoms with Crippen molar-refractivity contribution in [2.45, 2.75) is 16.3 Å². The van der Waals surface area contributed by atoms with Gasteiger partial charge in [-0.05, 0) is 72.5 Å². The molecule has 8 heteroatoms. The van der Waals surface area contributed by atoms with Crippen LogP contribution in [0.5, 0.6) is 0 Å². The first-order valence-electron chi connectivity index (χ1n) is 8.67. The average molecular weight is 431 g/mol. The van der Waals surface area contributed by atoms with Crippen molar-refractivity contribution >= 4 is 33.4 Å². The van der Waals surface area contributed by atoms with E-state index in [0.717, 1.165) is 10.5 Å². The summed E-state index contributed by atoms with van der Waals surface area (Å²) in [7, 11) is -3.84. The van der Waals surface area contributed by atoms with Gasteiger partial charge in [0.15, 0.2) is 0 Å². The summed E-state index contributed by atoms with van der Waals surface area (Å²) in [6, 6.07) is 18.5. The molecule has 0 bridgehead atoms. The third kappa shape index (κ3) is 5.58. The lowest BCUT2D eigenvalue weighted by Crippen LogP contribution is -2.23. The third-order valence-electron chi connectivity index (χ3n) is 4.14. The normalized spacial score (nSPS) is 11.1. The number of carbonyl (C=O) groups excluding carboxylic acids is 1. The predicted molar refractivity (Wildman–Crippen MR) is 113 cm³/mol. The number of amides is 1. The number of hydrogen-bond acceptors (Lipinski definition) is 4. The number of hydrogen-bond donors (Lipinski definition) is 2. The number of anilines is 1. The van der Waals surface area contributed by atoms with Crippen molar-refractivity contribution < 1.29 is 17.6 Å². The summed E-state index contributed by atoms with van der Waals surface area (Å²) in [6.45, 7) is 0.375. The fourth-order valence-electron chi connectivity index (χ4n) is 2.55. The van der Waals surface area contributed by atoms with Crippen LogP contribution in [0.15, 0.2) is 82.6 Å². The van der Waals surface area contributed by atoms with Crippen LogP contribution >= 0.6 is 11.8 Å². The minimum atomic E-state index is -3.84. The zero-order valence-electron chi connectivity index (χ0n) is 15.6. The van der Waals surface area contributed by atoms with Gasteiger partial charge in [0.2, 0.25) is 0 Å². The quantitative estimate of drug-likeness (QED) is 0.549. The topological polar surface area (TPSA) is 75.3 Å². The van der Waals surface area contributed by atoms with Crippen LogP contribution in [-0.2, 0) is 16.6 Å². The molecule has 3 aromatic rings. The highest BCUT2D eigenvalue weighted by Gasteiger charge is 2.15. The van der Waals surface area contributed by atoms with Crippen molar-refractivity contribution in [2.75, 3.05) is 11.0 Å². The largest absolute Gasteiger partial charge is 0.348 e. The summed E-state index contributed by atoms with van der Waals surface area (Å²) >= 11 is 1.64. The third-order valence-corrected chi connectivity index (χ3v) is 6.28. The van der Waals surface area contributed by atoms with Crippen molar-refractivity contribution in [2.24, 2.45) is 0 Å². The molecule has 3 aromatic carbocycles. The zero-order valence-corrected chi connectivity index (χ0v) is 17.2. The van der Waals surface area contributed by atoms with Gasteiger partial charge in [-0.1, -0.05) is 12.1 Å². The van der Waals surface area contributed by atoms with Crippen LogP contribution in [0.4, 0.5) is 10.1 Å². The summed E-state index contributed by atoms with van der Waals surface area (Å²) in [6.07, 6.45) is 2.00. The van der Waals surface area contributed by atoms with Gasteiger partial charge < -0.3 is 5.32 Å². The maximum atomic E-state index is 13.0. The number of sulfonamides is 1. The Balaban J connectivity index is 1.63. The minimum absolute atomic E-state index is 0.00558. The average Bonchev–Trinajstić information content (AvgIpc) is 2.74. The van der Waals surface area contributed by atoms with E-state index >= 15 is 0 Å².